The molecule has 0 N–H and O–H groups in total. The Bertz CT molecular complexity index is 1210. The van der Waals surface area contributed by atoms with Gasteiger partial charge in [-0.25, -0.2) is 9.97 Å². The zero-order chi connectivity index (χ0) is 20.3. The van der Waals surface area contributed by atoms with E-state index in [0.717, 1.165) is 53.7 Å². The molecule has 3 aromatic heterocycles. The minimum atomic E-state index is 0.648. The molecule has 0 saturated carbocycles. The Morgan fingerprint density at radius 1 is 1.07 bits per heavy atom. The molecule has 146 valence electrons. The first kappa shape index (κ1) is 18.6. The van der Waals surface area contributed by atoms with Crippen LogP contribution in [0, 0.1) is 11.3 Å². The number of nitrogens with zero attached hydrogens (tertiary/aromatic N) is 5. The molecule has 1 aromatic carbocycles. The van der Waals surface area contributed by atoms with Crippen molar-refractivity contribution in [2.75, 3.05) is 6.54 Å². The predicted octanol–water partition coefficient (Wildman–Crippen LogP) is 4.70. The maximum absolute atomic E-state index is 9.08. The Morgan fingerprint density at radius 2 is 2.03 bits per heavy atom. The molecule has 0 amide bonds. The molecule has 5 rings (SSSR count). The second-order valence-corrected chi connectivity index (χ2v) is 8.30. The van der Waals surface area contributed by atoms with Crippen LogP contribution in [0.1, 0.15) is 22.4 Å². The van der Waals surface area contributed by atoms with Gasteiger partial charge in [0.05, 0.1) is 27.9 Å². The first-order valence-corrected chi connectivity index (χ1v) is 10.7. The second-order valence-electron chi connectivity index (χ2n) is 7.35. The summed E-state index contributed by atoms with van der Waals surface area (Å²) in [5, 5.41) is 11.1. The van der Waals surface area contributed by atoms with Crippen molar-refractivity contribution in [1.29, 1.82) is 5.26 Å². The van der Waals surface area contributed by atoms with Crippen LogP contribution in [0.3, 0.4) is 0 Å². The molecule has 4 heterocycles. The fourth-order valence-corrected chi connectivity index (χ4v) is 4.39. The number of hydrogen-bond donors (Lipinski definition) is 0. The SMILES string of the molecule is N#Cc1cccc(-c2ccc(CN3CCc4nc(-c5cccs5)ncc4C3)cn2)c1. The summed E-state index contributed by atoms with van der Waals surface area (Å²) in [6.07, 6.45) is 4.84. The van der Waals surface area contributed by atoms with Gasteiger partial charge in [0.2, 0.25) is 0 Å². The number of thiophene rings is 1. The van der Waals surface area contributed by atoms with E-state index >= 15 is 0 Å². The molecule has 0 spiro atoms. The summed E-state index contributed by atoms with van der Waals surface area (Å²) in [5.41, 5.74) is 6.04. The third-order valence-corrected chi connectivity index (χ3v) is 6.14. The van der Waals surface area contributed by atoms with Gasteiger partial charge in [-0.1, -0.05) is 24.3 Å². The molecule has 0 fully saturated rings. The molecule has 0 bridgehead atoms. The lowest BCUT2D eigenvalue weighted by Crippen LogP contribution is -2.31. The zero-order valence-electron chi connectivity index (χ0n) is 16.3. The lowest BCUT2D eigenvalue weighted by molar-refractivity contribution is 0.242. The average Bonchev–Trinajstić information content (AvgIpc) is 3.34. The normalized spacial score (nSPS) is 13.6. The van der Waals surface area contributed by atoms with E-state index in [1.54, 1.807) is 17.4 Å². The summed E-state index contributed by atoms with van der Waals surface area (Å²) < 4.78 is 0. The highest BCUT2D eigenvalue weighted by atomic mass is 32.1. The fraction of sp³-hybridized carbons (Fsp3) is 0.167. The van der Waals surface area contributed by atoms with Gasteiger partial charge in [-0.3, -0.25) is 9.88 Å². The van der Waals surface area contributed by atoms with Crippen molar-refractivity contribution >= 4 is 11.3 Å². The summed E-state index contributed by atoms with van der Waals surface area (Å²) in [5.74, 6) is 0.831. The van der Waals surface area contributed by atoms with E-state index < -0.39 is 0 Å². The lowest BCUT2D eigenvalue weighted by Gasteiger charge is -2.28. The smallest absolute Gasteiger partial charge is 0.169 e. The summed E-state index contributed by atoms with van der Waals surface area (Å²) in [4.78, 5) is 17.5. The molecule has 6 heteroatoms. The molecule has 30 heavy (non-hydrogen) atoms. The maximum Gasteiger partial charge on any atom is 0.169 e. The van der Waals surface area contributed by atoms with Crippen LogP contribution in [-0.2, 0) is 19.5 Å². The Morgan fingerprint density at radius 3 is 2.83 bits per heavy atom. The monoisotopic (exact) mass is 409 g/mol. The van der Waals surface area contributed by atoms with Gasteiger partial charge in [-0.15, -0.1) is 11.3 Å². The quantitative estimate of drug-likeness (QED) is 0.489. The highest BCUT2D eigenvalue weighted by Gasteiger charge is 2.19. The topological polar surface area (TPSA) is 65.7 Å². The zero-order valence-corrected chi connectivity index (χ0v) is 17.1. The van der Waals surface area contributed by atoms with Gasteiger partial charge >= 0.3 is 0 Å². The van der Waals surface area contributed by atoms with Gasteiger partial charge < -0.3 is 0 Å². The predicted molar refractivity (Wildman–Crippen MR) is 118 cm³/mol. The average molecular weight is 410 g/mol. The number of hydrogen-bond acceptors (Lipinski definition) is 6. The number of benzene rings is 1. The fourth-order valence-electron chi connectivity index (χ4n) is 3.73. The van der Waals surface area contributed by atoms with Crippen molar-refractivity contribution < 1.29 is 0 Å². The van der Waals surface area contributed by atoms with Crippen LogP contribution in [0.5, 0.6) is 0 Å². The summed E-state index contributed by atoms with van der Waals surface area (Å²) in [6, 6.07) is 18.0. The van der Waals surface area contributed by atoms with E-state index in [0.29, 0.717) is 5.56 Å². The van der Waals surface area contributed by atoms with Crippen LogP contribution in [0.15, 0.2) is 66.3 Å². The summed E-state index contributed by atoms with van der Waals surface area (Å²) >= 11 is 1.67. The molecular weight excluding hydrogens is 390 g/mol. The number of fused-ring (bicyclic) bond motifs is 1. The third kappa shape index (κ3) is 3.86. The number of aromatic nitrogens is 3. The van der Waals surface area contributed by atoms with E-state index in [-0.39, 0.29) is 0 Å². The van der Waals surface area contributed by atoms with Crippen LogP contribution < -0.4 is 0 Å². The minimum Gasteiger partial charge on any atom is -0.294 e. The number of pyridine rings is 1. The molecular formula is C24H19N5S. The van der Waals surface area contributed by atoms with Gasteiger partial charge in [-0.2, -0.15) is 5.26 Å². The van der Waals surface area contributed by atoms with Crippen molar-refractivity contribution in [1.82, 2.24) is 19.9 Å². The van der Waals surface area contributed by atoms with Crippen molar-refractivity contribution in [2.45, 2.75) is 19.5 Å². The van der Waals surface area contributed by atoms with E-state index in [2.05, 4.69) is 38.4 Å². The van der Waals surface area contributed by atoms with Crippen molar-refractivity contribution in [3.05, 3.63) is 88.7 Å². The van der Waals surface area contributed by atoms with Crippen LogP contribution >= 0.6 is 11.3 Å². The highest BCUT2D eigenvalue weighted by Crippen LogP contribution is 2.25. The molecule has 0 atom stereocenters. The van der Waals surface area contributed by atoms with Crippen LogP contribution in [0.4, 0.5) is 0 Å². The Balaban J connectivity index is 1.27. The van der Waals surface area contributed by atoms with Crippen molar-refractivity contribution in [2.24, 2.45) is 0 Å². The standard InChI is InChI=1S/C24H19N5S/c25-12-17-3-1-4-19(11-17)21-7-6-18(13-26-21)15-29-9-8-22-20(16-29)14-27-24(28-22)23-5-2-10-30-23/h1-7,10-11,13-14H,8-9,15-16H2. The maximum atomic E-state index is 9.08. The molecule has 1 aliphatic rings. The molecule has 0 unspecified atom stereocenters. The van der Waals surface area contributed by atoms with Gasteiger partial charge in [0.15, 0.2) is 5.82 Å². The van der Waals surface area contributed by atoms with E-state index in [9.17, 15) is 0 Å². The third-order valence-electron chi connectivity index (χ3n) is 5.27. The molecule has 1 aliphatic heterocycles. The lowest BCUT2D eigenvalue weighted by atomic mass is 10.1. The van der Waals surface area contributed by atoms with E-state index in [1.165, 1.54) is 11.1 Å². The van der Waals surface area contributed by atoms with Crippen LogP contribution in [-0.4, -0.2) is 26.4 Å². The van der Waals surface area contributed by atoms with Crippen molar-refractivity contribution in [3.8, 4) is 28.0 Å². The van der Waals surface area contributed by atoms with Gasteiger partial charge in [0.25, 0.3) is 0 Å². The van der Waals surface area contributed by atoms with Gasteiger partial charge in [0.1, 0.15) is 0 Å². The Labute approximate surface area is 179 Å². The minimum absolute atomic E-state index is 0.648. The molecule has 0 saturated heterocycles. The van der Waals surface area contributed by atoms with Crippen LogP contribution in [0.25, 0.3) is 22.0 Å². The molecule has 0 radical (unpaired) electrons. The van der Waals surface area contributed by atoms with Crippen molar-refractivity contribution in [3.63, 3.8) is 0 Å². The Hall–Kier alpha value is -3.40. The van der Waals surface area contributed by atoms with Gasteiger partial charge in [0, 0.05) is 49.6 Å². The van der Waals surface area contributed by atoms with Gasteiger partial charge in [-0.05, 0) is 35.2 Å². The highest BCUT2D eigenvalue weighted by molar-refractivity contribution is 7.13. The molecule has 5 nitrogen and oxygen atoms in total. The second kappa shape index (κ2) is 8.15. The van der Waals surface area contributed by atoms with Crippen LogP contribution in [0.2, 0.25) is 0 Å². The first-order chi connectivity index (χ1) is 14.8. The number of nitriles is 1. The largest absolute Gasteiger partial charge is 0.294 e. The summed E-state index contributed by atoms with van der Waals surface area (Å²) in [6.45, 7) is 2.67. The summed E-state index contributed by atoms with van der Waals surface area (Å²) in [7, 11) is 0. The molecule has 0 aliphatic carbocycles. The molecule has 4 aromatic rings. The van der Waals surface area contributed by atoms with E-state index in [4.69, 9.17) is 10.2 Å². The Kier molecular flexibility index (Phi) is 5.06. The van der Waals surface area contributed by atoms with E-state index in [1.807, 2.05) is 42.7 Å². The number of rotatable bonds is 4. The first-order valence-electron chi connectivity index (χ1n) is 9.85.